The van der Waals surface area contributed by atoms with Gasteiger partial charge in [0.1, 0.15) is 30.6 Å². The normalized spacial score (nSPS) is 12.1. The molecule has 0 spiro atoms. The fraction of sp³-hybridized carbons (Fsp3) is 0.343. The van der Waals surface area contributed by atoms with Crippen LogP contribution in [-0.4, -0.2) is 79.9 Å². The van der Waals surface area contributed by atoms with Crippen LogP contribution in [-0.2, 0) is 41.6 Å². The molecule has 3 aromatic rings. The molecular formula is C35H40N2O10. The quantitative estimate of drug-likeness (QED) is 0.148. The van der Waals surface area contributed by atoms with Crippen LogP contribution in [0.2, 0.25) is 0 Å². The minimum absolute atomic E-state index is 0.0241. The molecule has 0 saturated heterocycles. The summed E-state index contributed by atoms with van der Waals surface area (Å²) < 4.78 is 26.6. The highest BCUT2D eigenvalue weighted by molar-refractivity contribution is 5.98. The number of carbonyl (C=O) groups excluding carboxylic acids is 5. The molecule has 2 amide bonds. The van der Waals surface area contributed by atoms with E-state index in [2.05, 4.69) is 5.32 Å². The van der Waals surface area contributed by atoms with E-state index in [-0.39, 0.29) is 13.0 Å². The van der Waals surface area contributed by atoms with Gasteiger partial charge in [0, 0.05) is 19.0 Å². The molecule has 0 unspecified atom stereocenters. The number of alkyl carbamates (subject to hydrolysis) is 1. The predicted molar refractivity (Wildman–Crippen MR) is 171 cm³/mol. The second kappa shape index (κ2) is 17.3. The first-order valence-electron chi connectivity index (χ1n) is 14.8. The smallest absolute Gasteiger partial charge is 0.410 e. The molecule has 0 saturated carbocycles. The van der Waals surface area contributed by atoms with E-state index in [1.807, 2.05) is 6.07 Å². The zero-order valence-corrected chi connectivity index (χ0v) is 27.1. The van der Waals surface area contributed by atoms with Crippen molar-refractivity contribution >= 4 is 29.9 Å². The molecule has 0 aliphatic carbocycles. The van der Waals surface area contributed by atoms with Crippen molar-refractivity contribution in [3.05, 3.63) is 102 Å². The minimum atomic E-state index is -1.53. The van der Waals surface area contributed by atoms with E-state index >= 15 is 0 Å². The molecule has 0 radical (unpaired) electrons. The van der Waals surface area contributed by atoms with Gasteiger partial charge in [0.25, 0.3) is 0 Å². The van der Waals surface area contributed by atoms with Crippen LogP contribution in [0.4, 0.5) is 9.59 Å². The topological polar surface area (TPSA) is 147 Å². The Morgan fingerprint density at radius 1 is 0.766 bits per heavy atom. The van der Waals surface area contributed by atoms with Crippen LogP contribution < -0.4 is 10.1 Å². The zero-order chi connectivity index (χ0) is 34.4. The number of esters is 2. The van der Waals surface area contributed by atoms with Gasteiger partial charge in [-0.1, -0.05) is 72.8 Å². The Hall–Kier alpha value is -5.39. The predicted octanol–water partition coefficient (Wildman–Crippen LogP) is 4.74. The average Bonchev–Trinajstić information content (AvgIpc) is 3.06. The van der Waals surface area contributed by atoms with E-state index in [4.69, 9.17) is 23.7 Å². The van der Waals surface area contributed by atoms with Crippen LogP contribution in [0.1, 0.15) is 42.3 Å². The molecule has 2 atom stereocenters. The average molecular weight is 649 g/mol. The van der Waals surface area contributed by atoms with Crippen LogP contribution in [0.5, 0.6) is 5.75 Å². The molecule has 0 bridgehead atoms. The van der Waals surface area contributed by atoms with Gasteiger partial charge in [-0.25, -0.2) is 19.2 Å². The number of amides is 2. The van der Waals surface area contributed by atoms with Gasteiger partial charge in [0.15, 0.2) is 18.4 Å². The molecule has 0 fully saturated rings. The Morgan fingerprint density at radius 3 is 1.98 bits per heavy atom. The van der Waals surface area contributed by atoms with E-state index < -0.39 is 60.8 Å². The highest BCUT2D eigenvalue weighted by Crippen LogP contribution is 2.17. The first kappa shape index (κ1) is 36.1. The van der Waals surface area contributed by atoms with Crippen molar-refractivity contribution in [2.24, 2.45) is 0 Å². The summed E-state index contributed by atoms with van der Waals surface area (Å²) in [5, 5.41) is 2.34. The third-order valence-corrected chi connectivity index (χ3v) is 6.63. The van der Waals surface area contributed by atoms with E-state index in [0.29, 0.717) is 16.9 Å². The maximum atomic E-state index is 13.5. The van der Waals surface area contributed by atoms with Gasteiger partial charge < -0.3 is 29.0 Å². The van der Waals surface area contributed by atoms with Gasteiger partial charge in [-0.15, -0.1) is 0 Å². The Morgan fingerprint density at radius 2 is 1.38 bits per heavy atom. The molecule has 12 heteroatoms. The fourth-order valence-electron chi connectivity index (χ4n) is 4.14. The van der Waals surface area contributed by atoms with Gasteiger partial charge in [0.2, 0.25) is 0 Å². The van der Waals surface area contributed by atoms with Crippen molar-refractivity contribution in [2.75, 3.05) is 27.4 Å². The van der Waals surface area contributed by atoms with Gasteiger partial charge in [-0.05, 0) is 44.0 Å². The summed E-state index contributed by atoms with van der Waals surface area (Å²) >= 11 is 0. The standard InChI is InChI=1S/C35H40N2O10/c1-35(2,3)47-33(41)36-28(31(39)45-23-30(38)26-14-10-7-11-15-26)22-44-32(40)29(20-24-16-18-27(43-5)19-17-24)37(4)34(42)46-21-25-12-8-6-9-13-25/h6-19,28-29H,20-23H2,1-5H3,(H,36,41)/t28-,29-/m0/s1. The molecule has 1 N–H and O–H groups in total. The van der Waals surface area contributed by atoms with Crippen LogP contribution >= 0.6 is 0 Å². The number of methoxy groups -OCH3 is 1. The monoisotopic (exact) mass is 648 g/mol. The number of rotatable bonds is 14. The van der Waals surface area contributed by atoms with Crippen molar-refractivity contribution in [3.8, 4) is 5.75 Å². The third kappa shape index (κ3) is 12.1. The Labute approximate surface area is 273 Å². The summed E-state index contributed by atoms with van der Waals surface area (Å²) in [6.07, 6.45) is -1.73. The van der Waals surface area contributed by atoms with Gasteiger partial charge >= 0.3 is 24.1 Å². The SMILES string of the molecule is COc1ccc(C[C@@H](C(=O)OC[C@H](NC(=O)OC(C)(C)C)C(=O)OCC(=O)c2ccccc2)N(C)C(=O)OCc2ccccc2)cc1. The highest BCUT2D eigenvalue weighted by atomic mass is 16.6. The van der Waals surface area contributed by atoms with E-state index in [1.165, 1.54) is 14.2 Å². The lowest BCUT2D eigenvalue weighted by molar-refractivity contribution is -0.154. The second-order valence-electron chi connectivity index (χ2n) is 11.4. The largest absolute Gasteiger partial charge is 0.497 e. The maximum absolute atomic E-state index is 13.5. The lowest BCUT2D eigenvalue weighted by atomic mass is 10.0. The van der Waals surface area contributed by atoms with Crippen molar-refractivity contribution < 1.29 is 47.7 Å². The summed E-state index contributed by atoms with van der Waals surface area (Å²) in [6.45, 7) is 3.59. The summed E-state index contributed by atoms with van der Waals surface area (Å²) in [5.41, 5.74) is 0.860. The van der Waals surface area contributed by atoms with Gasteiger partial charge in [0.05, 0.1) is 7.11 Å². The number of ketones is 1. The Balaban J connectivity index is 1.75. The maximum Gasteiger partial charge on any atom is 0.410 e. The number of nitrogens with zero attached hydrogens (tertiary/aromatic N) is 1. The number of benzene rings is 3. The molecule has 3 rings (SSSR count). The minimum Gasteiger partial charge on any atom is -0.497 e. The second-order valence-corrected chi connectivity index (χ2v) is 11.4. The molecule has 0 heterocycles. The van der Waals surface area contributed by atoms with Crippen LogP contribution in [0, 0.1) is 0 Å². The van der Waals surface area contributed by atoms with E-state index in [0.717, 1.165) is 10.5 Å². The lowest BCUT2D eigenvalue weighted by Gasteiger charge is -2.27. The fourth-order valence-corrected chi connectivity index (χ4v) is 4.14. The van der Waals surface area contributed by atoms with Crippen molar-refractivity contribution in [1.82, 2.24) is 10.2 Å². The summed E-state index contributed by atoms with van der Waals surface area (Å²) in [4.78, 5) is 65.8. The van der Waals surface area contributed by atoms with Crippen LogP contribution in [0.25, 0.3) is 0 Å². The number of carbonyl (C=O) groups is 5. The summed E-state index contributed by atoms with van der Waals surface area (Å²) in [5.74, 6) is -1.79. The lowest BCUT2D eigenvalue weighted by Crippen LogP contribution is -2.49. The van der Waals surface area contributed by atoms with E-state index in [1.54, 1.807) is 99.6 Å². The number of ether oxygens (including phenoxy) is 5. The highest BCUT2D eigenvalue weighted by Gasteiger charge is 2.33. The van der Waals surface area contributed by atoms with Crippen LogP contribution in [0.3, 0.4) is 0 Å². The molecule has 0 aromatic heterocycles. The van der Waals surface area contributed by atoms with E-state index in [9.17, 15) is 24.0 Å². The molecule has 12 nitrogen and oxygen atoms in total. The number of Topliss-reactive ketones (excluding diaryl/α,β-unsaturated/α-hetero) is 1. The van der Waals surface area contributed by atoms with Crippen LogP contribution in [0.15, 0.2) is 84.9 Å². The van der Waals surface area contributed by atoms with Crippen molar-refractivity contribution in [2.45, 2.75) is 51.5 Å². The molecule has 250 valence electrons. The third-order valence-electron chi connectivity index (χ3n) is 6.63. The molecular weight excluding hydrogens is 608 g/mol. The summed E-state index contributed by atoms with van der Waals surface area (Å²) in [7, 11) is 2.92. The zero-order valence-electron chi connectivity index (χ0n) is 27.1. The number of hydrogen-bond donors (Lipinski definition) is 1. The summed E-state index contributed by atoms with van der Waals surface area (Å²) in [6, 6.07) is 21.4. The first-order valence-corrected chi connectivity index (χ1v) is 14.8. The number of nitrogens with one attached hydrogen (secondary N) is 1. The van der Waals surface area contributed by atoms with Gasteiger partial charge in [-0.3, -0.25) is 9.69 Å². The number of likely N-dealkylation sites (N-methyl/N-ethyl adjacent to an activating group) is 1. The Kier molecular flexibility index (Phi) is 13.3. The molecule has 0 aliphatic rings. The van der Waals surface area contributed by atoms with Crippen molar-refractivity contribution in [1.29, 1.82) is 0 Å². The molecule has 3 aromatic carbocycles. The first-order chi connectivity index (χ1) is 22.4. The number of hydrogen-bond acceptors (Lipinski definition) is 10. The van der Waals surface area contributed by atoms with Crippen molar-refractivity contribution in [3.63, 3.8) is 0 Å². The molecule has 47 heavy (non-hydrogen) atoms. The van der Waals surface area contributed by atoms with Gasteiger partial charge in [-0.2, -0.15) is 0 Å². The Bertz CT molecular complexity index is 1490. The molecule has 0 aliphatic heterocycles.